The van der Waals surface area contributed by atoms with Crippen molar-refractivity contribution in [1.82, 2.24) is 15.5 Å². The SMILES string of the molecule is CN(C)c1ccc(C(=O)N[C@@H](c2ccccc2)c2nnc(N3CCCCC3)o2)cc1. The number of aromatic nitrogens is 2. The molecule has 1 N–H and O–H groups in total. The second-order valence-corrected chi connectivity index (χ2v) is 7.73. The lowest BCUT2D eigenvalue weighted by molar-refractivity contribution is 0.0938. The summed E-state index contributed by atoms with van der Waals surface area (Å²) in [5.41, 5.74) is 2.51. The van der Waals surface area contributed by atoms with Gasteiger partial charge in [-0.1, -0.05) is 35.4 Å². The Bertz CT molecular complexity index is 963. The molecule has 0 spiro atoms. The summed E-state index contributed by atoms with van der Waals surface area (Å²) in [5, 5.41) is 11.6. The summed E-state index contributed by atoms with van der Waals surface area (Å²) in [6, 6.07) is 17.2. The van der Waals surface area contributed by atoms with Crippen molar-refractivity contribution in [3.8, 4) is 0 Å². The van der Waals surface area contributed by atoms with Crippen LogP contribution in [0, 0.1) is 0 Å². The summed E-state index contributed by atoms with van der Waals surface area (Å²) < 4.78 is 6.01. The first kappa shape index (κ1) is 19.9. The molecular formula is C23H27N5O2. The summed E-state index contributed by atoms with van der Waals surface area (Å²) >= 11 is 0. The van der Waals surface area contributed by atoms with E-state index >= 15 is 0 Å². The number of carbonyl (C=O) groups is 1. The van der Waals surface area contributed by atoms with Crippen LogP contribution in [0.15, 0.2) is 59.0 Å². The second kappa shape index (κ2) is 8.98. The van der Waals surface area contributed by atoms with Crippen LogP contribution in [-0.4, -0.2) is 43.3 Å². The fourth-order valence-electron chi connectivity index (χ4n) is 3.61. The summed E-state index contributed by atoms with van der Waals surface area (Å²) in [7, 11) is 3.94. The molecule has 0 bridgehead atoms. The highest BCUT2D eigenvalue weighted by Crippen LogP contribution is 2.26. The third kappa shape index (κ3) is 4.45. The zero-order valence-electron chi connectivity index (χ0n) is 17.4. The van der Waals surface area contributed by atoms with Crippen LogP contribution in [-0.2, 0) is 0 Å². The molecule has 2 heterocycles. The number of nitrogens with one attached hydrogen (secondary N) is 1. The van der Waals surface area contributed by atoms with Crippen molar-refractivity contribution < 1.29 is 9.21 Å². The number of carbonyl (C=O) groups excluding carboxylic acids is 1. The molecule has 7 heteroatoms. The molecule has 0 radical (unpaired) electrons. The van der Waals surface area contributed by atoms with Crippen LogP contribution in [0.4, 0.5) is 11.7 Å². The number of piperidine rings is 1. The first-order valence-electron chi connectivity index (χ1n) is 10.3. The average Bonchev–Trinajstić information content (AvgIpc) is 3.28. The lowest BCUT2D eigenvalue weighted by Crippen LogP contribution is -2.30. The Hall–Kier alpha value is -3.35. The van der Waals surface area contributed by atoms with Gasteiger partial charge in [0.15, 0.2) is 0 Å². The van der Waals surface area contributed by atoms with E-state index in [1.165, 1.54) is 6.42 Å². The molecule has 1 atom stereocenters. The highest BCUT2D eigenvalue weighted by molar-refractivity contribution is 5.95. The molecule has 1 amide bonds. The van der Waals surface area contributed by atoms with E-state index in [0.717, 1.165) is 37.2 Å². The monoisotopic (exact) mass is 405 g/mol. The molecule has 7 nitrogen and oxygen atoms in total. The predicted octanol–water partition coefficient (Wildman–Crippen LogP) is 3.65. The second-order valence-electron chi connectivity index (χ2n) is 7.73. The fraction of sp³-hybridized carbons (Fsp3) is 0.348. The first-order chi connectivity index (χ1) is 14.6. The zero-order valence-corrected chi connectivity index (χ0v) is 17.4. The Morgan fingerprint density at radius 3 is 2.37 bits per heavy atom. The molecule has 1 aromatic heterocycles. The van der Waals surface area contributed by atoms with Gasteiger partial charge in [-0.15, -0.1) is 5.10 Å². The average molecular weight is 406 g/mol. The number of hydrogen-bond acceptors (Lipinski definition) is 6. The summed E-state index contributed by atoms with van der Waals surface area (Å²) in [4.78, 5) is 17.1. The third-order valence-corrected chi connectivity index (χ3v) is 5.36. The molecule has 1 saturated heterocycles. The van der Waals surface area contributed by atoms with E-state index in [9.17, 15) is 4.79 Å². The van der Waals surface area contributed by atoms with Gasteiger partial charge >= 0.3 is 6.01 Å². The van der Waals surface area contributed by atoms with Gasteiger partial charge < -0.3 is 19.5 Å². The highest BCUT2D eigenvalue weighted by atomic mass is 16.4. The van der Waals surface area contributed by atoms with E-state index < -0.39 is 6.04 Å². The smallest absolute Gasteiger partial charge is 0.318 e. The van der Waals surface area contributed by atoms with Gasteiger partial charge in [0.25, 0.3) is 5.91 Å². The Labute approximate surface area is 176 Å². The van der Waals surface area contributed by atoms with Gasteiger partial charge in [0.05, 0.1) is 0 Å². The summed E-state index contributed by atoms with van der Waals surface area (Å²) in [6.45, 7) is 1.84. The highest BCUT2D eigenvalue weighted by Gasteiger charge is 2.25. The molecule has 0 unspecified atom stereocenters. The van der Waals surface area contributed by atoms with Crippen molar-refractivity contribution in [2.24, 2.45) is 0 Å². The van der Waals surface area contributed by atoms with Crippen LogP contribution in [0.5, 0.6) is 0 Å². The normalized spacial score (nSPS) is 14.9. The van der Waals surface area contributed by atoms with Crippen molar-refractivity contribution in [1.29, 1.82) is 0 Å². The number of rotatable bonds is 6. The number of amides is 1. The van der Waals surface area contributed by atoms with Crippen LogP contribution in [0.1, 0.15) is 47.1 Å². The minimum atomic E-state index is -0.515. The number of hydrogen-bond donors (Lipinski definition) is 1. The third-order valence-electron chi connectivity index (χ3n) is 5.36. The van der Waals surface area contributed by atoms with Crippen LogP contribution in [0.25, 0.3) is 0 Å². The van der Waals surface area contributed by atoms with Crippen LogP contribution >= 0.6 is 0 Å². The quantitative estimate of drug-likeness (QED) is 0.675. The van der Waals surface area contributed by atoms with E-state index in [0.29, 0.717) is 17.5 Å². The van der Waals surface area contributed by atoms with Crippen molar-refractivity contribution in [2.75, 3.05) is 37.0 Å². The Balaban J connectivity index is 1.58. The van der Waals surface area contributed by atoms with Gasteiger partial charge in [-0.3, -0.25) is 4.79 Å². The predicted molar refractivity (Wildman–Crippen MR) is 117 cm³/mol. The molecule has 4 rings (SSSR count). The van der Waals surface area contributed by atoms with E-state index in [1.54, 1.807) is 0 Å². The van der Waals surface area contributed by atoms with Crippen molar-refractivity contribution in [3.05, 3.63) is 71.6 Å². The van der Waals surface area contributed by atoms with Gasteiger partial charge in [0.1, 0.15) is 6.04 Å². The van der Waals surface area contributed by atoms with E-state index in [4.69, 9.17) is 4.42 Å². The zero-order chi connectivity index (χ0) is 20.9. The fourth-order valence-corrected chi connectivity index (χ4v) is 3.61. The molecule has 1 fully saturated rings. The number of nitrogens with zero attached hydrogens (tertiary/aromatic N) is 4. The summed E-state index contributed by atoms with van der Waals surface area (Å²) in [6.07, 6.45) is 3.48. The Morgan fingerprint density at radius 1 is 1.00 bits per heavy atom. The van der Waals surface area contributed by atoms with Gasteiger partial charge in [0.2, 0.25) is 5.89 Å². The Kier molecular flexibility index (Phi) is 5.97. The van der Waals surface area contributed by atoms with Crippen LogP contribution in [0.2, 0.25) is 0 Å². The van der Waals surface area contributed by atoms with Gasteiger partial charge in [-0.2, -0.15) is 0 Å². The first-order valence-corrected chi connectivity index (χ1v) is 10.3. The molecular weight excluding hydrogens is 378 g/mol. The van der Waals surface area contributed by atoms with Crippen molar-refractivity contribution in [2.45, 2.75) is 25.3 Å². The molecule has 3 aromatic rings. The molecule has 0 saturated carbocycles. The number of anilines is 2. The van der Waals surface area contributed by atoms with E-state index in [-0.39, 0.29) is 5.91 Å². The van der Waals surface area contributed by atoms with Gasteiger partial charge in [0, 0.05) is 38.4 Å². The molecule has 0 aliphatic carbocycles. The number of benzene rings is 2. The molecule has 30 heavy (non-hydrogen) atoms. The van der Waals surface area contributed by atoms with Gasteiger partial charge in [-0.05, 0) is 49.1 Å². The molecule has 1 aliphatic rings. The minimum absolute atomic E-state index is 0.188. The van der Waals surface area contributed by atoms with Crippen LogP contribution < -0.4 is 15.1 Å². The standard InChI is InChI=1S/C23H27N5O2/c1-27(2)19-13-11-18(12-14-19)21(29)24-20(17-9-5-3-6-10-17)22-25-26-23(30-22)28-15-7-4-8-16-28/h3,5-6,9-14,20H,4,7-8,15-16H2,1-2H3,(H,24,29)/t20-/m0/s1. The van der Waals surface area contributed by atoms with E-state index in [1.807, 2.05) is 73.6 Å². The molecule has 156 valence electrons. The maximum Gasteiger partial charge on any atom is 0.318 e. The lowest BCUT2D eigenvalue weighted by Gasteiger charge is -2.24. The largest absolute Gasteiger partial charge is 0.405 e. The molecule has 2 aromatic carbocycles. The van der Waals surface area contributed by atoms with Gasteiger partial charge in [-0.25, -0.2) is 0 Å². The summed E-state index contributed by atoms with van der Waals surface area (Å²) in [5.74, 6) is 0.201. The van der Waals surface area contributed by atoms with E-state index in [2.05, 4.69) is 20.4 Å². The molecule has 1 aliphatic heterocycles. The lowest BCUT2D eigenvalue weighted by atomic mass is 10.1. The van der Waals surface area contributed by atoms with Crippen LogP contribution in [0.3, 0.4) is 0 Å². The maximum absolute atomic E-state index is 13.0. The van der Waals surface area contributed by atoms with Crippen molar-refractivity contribution >= 4 is 17.6 Å². The van der Waals surface area contributed by atoms with Crippen molar-refractivity contribution in [3.63, 3.8) is 0 Å². The Morgan fingerprint density at radius 2 is 1.70 bits per heavy atom. The minimum Gasteiger partial charge on any atom is -0.405 e. The topological polar surface area (TPSA) is 74.5 Å². The maximum atomic E-state index is 13.0.